The summed E-state index contributed by atoms with van der Waals surface area (Å²) in [5.74, 6) is -0.122. The molecule has 0 aliphatic carbocycles. The van der Waals surface area contributed by atoms with Crippen molar-refractivity contribution in [2.24, 2.45) is 0 Å². The maximum absolute atomic E-state index is 13.4. The number of pyridine rings is 2. The van der Waals surface area contributed by atoms with Gasteiger partial charge in [0.2, 0.25) is 0 Å². The Labute approximate surface area is 211 Å². The third-order valence-electron chi connectivity index (χ3n) is 6.59. The maximum atomic E-state index is 13.4. The molecule has 4 aromatic heterocycles. The molecule has 1 N–H and O–H groups in total. The summed E-state index contributed by atoms with van der Waals surface area (Å²) in [4.78, 5) is 5.86. The molecule has 1 unspecified atom stereocenters. The minimum absolute atomic E-state index is 0.138. The summed E-state index contributed by atoms with van der Waals surface area (Å²) in [5.41, 5.74) is 3.42. The molecular weight excluding hydrogens is 477 g/mol. The van der Waals surface area contributed by atoms with E-state index in [1.165, 1.54) is 18.3 Å². The lowest BCUT2D eigenvalue weighted by Gasteiger charge is -2.28. The molecule has 5 heterocycles. The molecule has 1 aliphatic rings. The molecular formula is C25H24FN9O2. The fourth-order valence-electron chi connectivity index (χ4n) is 4.67. The number of aromatic nitrogens is 6. The third-order valence-corrected chi connectivity index (χ3v) is 6.59. The number of nitrogens with zero attached hydrogens (tertiary/aromatic N) is 9. The van der Waals surface area contributed by atoms with Gasteiger partial charge in [0.1, 0.15) is 40.5 Å². The monoisotopic (exact) mass is 501 g/mol. The Balaban J connectivity index is 1.53. The zero-order valence-electron chi connectivity index (χ0n) is 20.1. The second kappa shape index (κ2) is 10.2. The highest BCUT2D eigenvalue weighted by molar-refractivity contribution is 5.74. The molecule has 37 heavy (non-hydrogen) atoms. The second-order valence-corrected chi connectivity index (χ2v) is 8.86. The highest BCUT2D eigenvalue weighted by Gasteiger charge is 2.25. The van der Waals surface area contributed by atoms with Crippen LogP contribution in [0.4, 0.5) is 4.39 Å². The van der Waals surface area contributed by atoms with Crippen LogP contribution in [0.1, 0.15) is 48.4 Å². The van der Waals surface area contributed by atoms with Gasteiger partial charge in [0.05, 0.1) is 29.8 Å². The lowest BCUT2D eigenvalue weighted by molar-refractivity contribution is 0.153. The first-order chi connectivity index (χ1) is 18.0. The Morgan fingerprint density at radius 1 is 1.24 bits per heavy atom. The quantitative estimate of drug-likeness (QED) is 0.378. The lowest BCUT2D eigenvalue weighted by Crippen LogP contribution is -2.31. The first kappa shape index (κ1) is 24.2. The first-order valence-electron chi connectivity index (χ1n) is 11.9. The molecule has 0 aromatic carbocycles. The number of hydrogen-bond donors (Lipinski definition) is 1. The SMILES string of the molecule is Cc1c(-c2cc(OC(CCO)c3ccc(F)cn3)c3c(C#N)cnn3c2)nnn1C1CCN(C#N)CC1. The van der Waals surface area contributed by atoms with E-state index in [0.717, 1.165) is 24.7 Å². The molecule has 1 fully saturated rings. The maximum Gasteiger partial charge on any atom is 0.179 e. The van der Waals surface area contributed by atoms with E-state index in [4.69, 9.17) is 10.00 Å². The molecule has 188 valence electrons. The first-order valence-corrected chi connectivity index (χ1v) is 11.9. The number of aliphatic hydroxyl groups excluding tert-OH is 1. The molecule has 1 saturated heterocycles. The number of nitriles is 2. The van der Waals surface area contributed by atoms with Gasteiger partial charge in [0, 0.05) is 37.9 Å². The van der Waals surface area contributed by atoms with Gasteiger partial charge in [-0.1, -0.05) is 5.21 Å². The van der Waals surface area contributed by atoms with E-state index in [9.17, 15) is 14.8 Å². The molecule has 0 spiro atoms. The van der Waals surface area contributed by atoms with Crippen molar-refractivity contribution in [2.75, 3.05) is 19.7 Å². The van der Waals surface area contributed by atoms with Crippen molar-refractivity contribution < 1.29 is 14.2 Å². The highest BCUT2D eigenvalue weighted by Crippen LogP contribution is 2.35. The number of ether oxygens (including phenoxy) is 1. The Morgan fingerprint density at radius 3 is 2.73 bits per heavy atom. The summed E-state index contributed by atoms with van der Waals surface area (Å²) in [6.45, 7) is 3.11. The van der Waals surface area contributed by atoms with Crippen molar-refractivity contribution in [3.63, 3.8) is 0 Å². The van der Waals surface area contributed by atoms with Crippen molar-refractivity contribution in [1.82, 2.24) is 34.5 Å². The van der Waals surface area contributed by atoms with Crippen LogP contribution in [0, 0.1) is 35.5 Å². The van der Waals surface area contributed by atoms with E-state index in [1.807, 2.05) is 11.6 Å². The van der Waals surface area contributed by atoms with Crippen LogP contribution in [-0.2, 0) is 0 Å². The predicted octanol–water partition coefficient (Wildman–Crippen LogP) is 2.93. The summed E-state index contributed by atoms with van der Waals surface area (Å²) in [5, 5.41) is 41.6. The van der Waals surface area contributed by atoms with Crippen molar-refractivity contribution in [1.29, 1.82) is 10.5 Å². The molecule has 11 nitrogen and oxygen atoms in total. The van der Waals surface area contributed by atoms with Crippen LogP contribution in [0.5, 0.6) is 5.75 Å². The second-order valence-electron chi connectivity index (χ2n) is 8.86. The molecule has 0 amide bonds. The molecule has 12 heteroatoms. The van der Waals surface area contributed by atoms with E-state index in [1.54, 1.807) is 21.7 Å². The molecule has 5 rings (SSSR count). The van der Waals surface area contributed by atoms with Crippen LogP contribution >= 0.6 is 0 Å². The van der Waals surface area contributed by atoms with Crippen LogP contribution in [-0.4, -0.2) is 59.3 Å². The largest absolute Gasteiger partial charge is 0.482 e. The number of piperidine rings is 1. The van der Waals surface area contributed by atoms with Gasteiger partial charge < -0.3 is 14.7 Å². The standard InChI is InChI=1S/C25H24FN9O2/c1-16-24(31-32-35(16)20-4-7-33(15-28)8-5-20)17-10-23(25-18(11-27)12-30-34(25)14-17)37-22(6-9-36)21-3-2-19(26)13-29-21/h2-3,10,12-14,20,22,36H,4-9H2,1H3. The fraction of sp³-hybridized carbons (Fsp3) is 0.360. The van der Waals surface area contributed by atoms with E-state index >= 15 is 0 Å². The van der Waals surface area contributed by atoms with Gasteiger partial charge >= 0.3 is 0 Å². The Bertz CT molecular complexity index is 1490. The van der Waals surface area contributed by atoms with Gasteiger partial charge in [0.15, 0.2) is 6.19 Å². The summed E-state index contributed by atoms with van der Waals surface area (Å²) in [7, 11) is 0. The van der Waals surface area contributed by atoms with Crippen LogP contribution in [0.25, 0.3) is 16.8 Å². The minimum atomic E-state index is -0.687. The zero-order valence-corrected chi connectivity index (χ0v) is 20.1. The molecule has 0 saturated carbocycles. The average molecular weight is 502 g/mol. The van der Waals surface area contributed by atoms with Crippen molar-refractivity contribution in [2.45, 2.75) is 38.3 Å². The highest BCUT2D eigenvalue weighted by atomic mass is 19.1. The van der Waals surface area contributed by atoms with Crippen LogP contribution in [0.3, 0.4) is 0 Å². The summed E-state index contributed by atoms with van der Waals surface area (Å²) in [6, 6.07) is 6.83. The van der Waals surface area contributed by atoms with Gasteiger partial charge in [-0.3, -0.25) is 4.98 Å². The van der Waals surface area contributed by atoms with E-state index in [-0.39, 0.29) is 19.1 Å². The summed E-state index contributed by atoms with van der Waals surface area (Å²) >= 11 is 0. The topological polar surface area (TPSA) is 141 Å². The predicted molar refractivity (Wildman–Crippen MR) is 128 cm³/mol. The lowest BCUT2D eigenvalue weighted by atomic mass is 10.0. The number of aliphatic hydroxyl groups is 1. The van der Waals surface area contributed by atoms with Gasteiger partial charge in [-0.05, 0) is 38.0 Å². The van der Waals surface area contributed by atoms with E-state index in [0.29, 0.717) is 46.9 Å². The Kier molecular flexibility index (Phi) is 6.66. The number of hydrogen-bond acceptors (Lipinski definition) is 9. The molecule has 0 bridgehead atoms. The van der Waals surface area contributed by atoms with Gasteiger partial charge in [0.25, 0.3) is 0 Å². The number of likely N-dealkylation sites (tertiary alicyclic amines) is 1. The van der Waals surface area contributed by atoms with E-state index in [2.05, 4.69) is 32.7 Å². The minimum Gasteiger partial charge on any atom is -0.482 e. The molecule has 1 atom stereocenters. The normalized spacial score (nSPS) is 14.9. The van der Waals surface area contributed by atoms with Gasteiger partial charge in [-0.15, -0.1) is 5.10 Å². The smallest absolute Gasteiger partial charge is 0.179 e. The molecule has 1 aliphatic heterocycles. The van der Waals surface area contributed by atoms with Crippen LogP contribution in [0.15, 0.2) is 36.8 Å². The average Bonchev–Trinajstić information content (AvgIpc) is 3.52. The molecule has 4 aromatic rings. The Hall–Kier alpha value is -4.55. The van der Waals surface area contributed by atoms with Crippen LogP contribution < -0.4 is 4.74 Å². The van der Waals surface area contributed by atoms with Gasteiger partial charge in [-0.2, -0.15) is 15.6 Å². The summed E-state index contributed by atoms with van der Waals surface area (Å²) in [6.07, 6.45) is 7.62. The molecule has 0 radical (unpaired) electrons. The van der Waals surface area contributed by atoms with E-state index < -0.39 is 11.9 Å². The summed E-state index contributed by atoms with van der Waals surface area (Å²) < 4.78 is 23.2. The third kappa shape index (κ3) is 4.67. The van der Waals surface area contributed by atoms with Crippen molar-refractivity contribution in [3.05, 3.63) is 59.6 Å². The Morgan fingerprint density at radius 2 is 2.05 bits per heavy atom. The number of fused-ring (bicyclic) bond motifs is 1. The number of halogens is 1. The van der Waals surface area contributed by atoms with Gasteiger partial charge in [-0.25, -0.2) is 13.6 Å². The zero-order chi connectivity index (χ0) is 25.9. The van der Waals surface area contributed by atoms with Crippen LogP contribution in [0.2, 0.25) is 0 Å². The van der Waals surface area contributed by atoms with Crippen molar-refractivity contribution in [3.8, 4) is 29.3 Å². The number of rotatable bonds is 7. The van der Waals surface area contributed by atoms with Crippen molar-refractivity contribution >= 4 is 5.52 Å². The fourth-order valence-corrected chi connectivity index (χ4v) is 4.67.